The smallest absolute Gasteiger partial charge is 0.217 e. The SMILES string of the molecule is CC[N+](CC)=c1ccc2c(/C=C/C=C/C=C3/N(CCCCCC(N)=O)c4ccc(S(=O)(=O)[O-])cc4C3(C)C)cc(C(C)(C)C)oc-2c1. The number of unbranched alkanes of at least 4 members (excludes halogenated alkanes) is 2. The molecule has 1 aromatic rings. The second kappa shape index (κ2) is 14.4. The minimum atomic E-state index is -4.59. The fraction of sp³-hybridized carbons (Fsp3) is 0.421. The summed E-state index contributed by atoms with van der Waals surface area (Å²) in [6.07, 6.45) is 12.9. The van der Waals surface area contributed by atoms with E-state index in [0.717, 1.165) is 70.9 Å². The fourth-order valence-corrected chi connectivity index (χ4v) is 6.66. The summed E-state index contributed by atoms with van der Waals surface area (Å²) in [6, 6.07) is 13.1. The van der Waals surface area contributed by atoms with Crippen molar-refractivity contribution in [3.8, 4) is 11.3 Å². The Morgan fingerprint density at radius 3 is 2.36 bits per heavy atom. The number of fused-ring (bicyclic) bond motifs is 2. The lowest BCUT2D eigenvalue weighted by Crippen LogP contribution is -2.29. The summed E-state index contributed by atoms with van der Waals surface area (Å²) in [5, 5.41) is 1.14. The molecule has 1 amide bonds. The first kappa shape index (κ1) is 35.9. The third-order valence-electron chi connectivity index (χ3n) is 8.86. The van der Waals surface area contributed by atoms with Gasteiger partial charge in [0.15, 0.2) is 0 Å². The molecule has 0 radical (unpaired) electrons. The van der Waals surface area contributed by atoms with Crippen LogP contribution in [-0.4, -0.2) is 38.5 Å². The van der Waals surface area contributed by atoms with Crippen LogP contribution in [0.1, 0.15) is 91.0 Å². The normalized spacial score (nSPS) is 15.7. The monoisotopic (exact) mass is 659 g/mol. The molecule has 0 bridgehead atoms. The number of benzene rings is 2. The van der Waals surface area contributed by atoms with Gasteiger partial charge in [-0.25, -0.2) is 13.0 Å². The summed E-state index contributed by atoms with van der Waals surface area (Å²) in [4.78, 5) is 13.1. The highest BCUT2D eigenvalue weighted by Gasteiger charge is 2.40. The molecule has 1 aliphatic carbocycles. The number of allylic oxidation sites excluding steroid dienone is 5. The van der Waals surface area contributed by atoms with Crippen molar-refractivity contribution in [3.63, 3.8) is 0 Å². The first-order chi connectivity index (χ1) is 22.1. The standard InChI is InChI=1S/C38H49N3O5S/c1-8-40(9-2)28-19-21-30-27(24-35(37(3,4)5)46-33(30)25-28)16-12-10-13-17-34-38(6,7)31-26-29(47(43,44)45)20-22-32(31)41(34)23-15-11-14-18-36(39)42/h10,12-13,16-17,19-22,24-26H,8-9,11,14-15,18,23H2,1-7H3,(H2-,39,42,43,44,45). The van der Waals surface area contributed by atoms with Gasteiger partial charge < -0.3 is 19.6 Å². The summed E-state index contributed by atoms with van der Waals surface area (Å²) in [5.74, 6) is 1.45. The second-order valence-corrected chi connectivity index (χ2v) is 15.0. The van der Waals surface area contributed by atoms with Gasteiger partial charge in [0.25, 0.3) is 0 Å². The molecule has 1 aromatic carbocycles. The molecule has 2 aliphatic heterocycles. The average molecular weight is 660 g/mol. The molecule has 0 unspecified atom stereocenters. The maximum absolute atomic E-state index is 11.9. The molecule has 47 heavy (non-hydrogen) atoms. The van der Waals surface area contributed by atoms with Crippen LogP contribution in [0.4, 0.5) is 5.69 Å². The Morgan fingerprint density at radius 2 is 1.72 bits per heavy atom. The molecule has 0 aromatic heterocycles. The summed E-state index contributed by atoms with van der Waals surface area (Å²) >= 11 is 0. The molecule has 8 nitrogen and oxygen atoms in total. The molecule has 3 aliphatic rings. The summed E-state index contributed by atoms with van der Waals surface area (Å²) < 4.78 is 44.3. The van der Waals surface area contributed by atoms with E-state index in [-0.39, 0.29) is 16.2 Å². The maximum atomic E-state index is 11.9. The molecule has 0 saturated heterocycles. The van der Waals surface area contributed by atoms with Crippen LogP contribution in [0.3, 0.4) is 0 Å². The molecule has 9 heteroatoms. The predicted molar refractivity (Wildman–Crippen MR) is 189 cm³/mol. The van der Waals surface area contributed by atoms with Crippen LogP contribution >= 0.6 is 0 Å². The first-order valence-electron chi connectivity index (χ1n) is 16.5. The summed E-state index contributed by atoms with van der Waals surface area (Å²) in [5.41, 5.74) is 9.37. The van der Waals surface area contributed by atoms with Gasteiger partial charge in [0.1, 0.15) is 34.7 Å². The number of rotatable bonds is 12. The van der Waals surface area contributed by atoms with Gasteiger partial charge in [-0.1, -0.05) is 65.3 Å². The van der Waals surface area contributed by atoms with Crippen molar-refractivity contribution in [1.29, 1.82) is 0 Å². The van der Waals surface area contributed by atoms with Crippen molar-refractivity contribution in [2.75, 3.05) is 24.5 Å². The van der Waals surface area contributed by atoms with Gasteiger partial charge >= 0.3 is 0 Å². The molecule has 4 rings (SSSR count). The van der Waals surface area contributed by atoms with E-state index >= 15 is 0 Å². The largest absolute Gasteiger partial charge is 0.744 e. The zero-order valence-corrected chi connectivity index (χ0v) is 29.6. The quantitative estimate of drug-likeness (QED) is 0.100. The Bertz CT molecular complexity index is 1850. The lowest BCUT2D eigenvalue weighted by molar-refractivity contribution is -0.118. The van der Waals surface area contributed by atoms with Gasteiger partial charge in [-0.05, 0) is 74.2 Å². The van der Waals surface area contributed by atoms with E-state index in [1.54, 1.807) is 6.07 Å². The van der Waals surface area contributed by atoms with Crippen molar-refractivity contribution in [2.45, 2.75) is 89.9 Å². The summed E-state index contributed by atoms with van der Waals surface area (Å²) in [7, 11) is -4.59. The third-order valence-corrected chi connectivity index (χ3v) is 9.69. The van der Waals surface area contributed by atoms with Crippen LogP contribution in [-0.2, 0) is 25.7 Å². The number of nitrogens with two attached hydrogens (primary N) is 1. The Morgan fingerprint density at radius 1 is 1.00 bits per heavy atom. The lowest BCUT2D eigenvalue weighted by Gasteiger charge is -2.27. The highest BCUT2D eigenvalue weighted by atomic mass is 32.2. The van der Waals surface area contributed by atoms with Crippen molar-refractivity contribution in [2.24, 2.45) is 5.73 Å². The number of hydrogen-bond donors (Lipinski definition) is 1. The number of nitrogens with zero attached hydrogens (tertiary/aromatic N) is 2. The van der Waals surface area contributed by atoms with E-state index in [0.29, 0.717) is 19.4 Å². The van der Waals surface area contributed by atoms with Crippen molar-refractivity contribution < 1.29 is 22.2 Å². The van der Waals surface area contributed by atoms with Crippen LogP contribution < -0.4 is 20.6 Å². The fourth-order valence-electron chi connectivity index (χ4n) is 6.16. The van der Waals surface area contributed by atoms with E-state index < -0.39 is 15.5 Å². The van der Waals surface area contributed by atoms with Gasteiger partial charge in [0.05, 0.1) is 11.0 Å². The minimum Gasteiger partial charge on any atom is -0.744 e. The Hall–Kier alpha value is -3.95. The van der Waals surface area contributed by atoms with E-state index in [1.807, 2.05) is 32.1 Å². The predicted octanol–water partition coefficient (Wildman–Crippen LogP) is 6.69. The van der Waals surface area contributed by atoms with Gasteiger partial charge in [0.2, 0.25) is 11.3 Å². The maximum Gasteiger partial charge on any atom is 0.217 e. The molecular weight excluding hydrogens is 611 g/mol. The molecule has 2 heterocycles. The van der Waals surface area contributed by atoms with E-state index in [2.05, 4.69) is 80.5 Å². The highest BCUT2D eigenvalue weighted by Crippen LogP contribution is 2.48. The second-order valence-electron chi connectivity index (χ2n) is 13.7. The average Bonchev–Trinajstić information content (AvgIpc) is 3.21. The van der Waals surface area contributed by atoms with Gasteiger partial charge in [-0.2, -0.15) is 0 Å². The highest BCUT2D eigenvalue weighted by molar-refractivity contribution is 7.85. The molecule has 252 valence electrons. The van der Waals surface area contributed by atoms with Crippen LogP contribution in [0.25, 0.3) is 17.4 Å². The zero-order chi connectivity index (χ0) is 34.6. The molecule has 0 saturated carbocycles. The molecule has 0 spiro atoms. The van der Waals surface area contributed by atoms with Gasteiger partial charge in [-0.3, -0.25) is 4.79 Å². The molecule has 2 N–H and O–H groups in total. The topological polar surface area (TPSA) is 120 Å². The number of carbonyl (C=O) groups is 1. The summed E-state index contributed by atoms with van der Waals surface area (Å²) in [6.45, 7) is 17.3. The van der Waals surface area contributed by atoms with E-state index in [1.165, 1.54) is 12.1 Å². The number of amides is 1. The third kappa shape index (κ3) is 8.32. The minimum absolute atomic E-state index is 0.167. The van der Waals surface area contributed by atoms with Crippen LogP contribution in [0, 0.1) is 0 Å². The first-order valence-corrected chi connectivity index (χ1v) is 17.9. The number of primary amides is 1. The number of anilines is 1. The van der Waals surface area contributed by atoms with Crippen molar-refractivity contribution >= 4 is 27.8 Å². The van der Waals surface area contributed by atoms with E-state index in [9.17, 15) is 17.8 Å². The Labute approximate surface area is 280 Å². The van der Waals surface area contributed by atoms with Crippen LogP contribution in [0.2, 0.25) is 0 Å². The molecular formula is C38H49N3O5S. The van der Waals surface area contributed by atoms with Gasteiger partial charge in [-0.15, -0.1) is 0 Å². The van der Waals surface area contributed by atoms with Crippen LogP contribution in [0.15, 0.2) is 81.8 Å². The number of carbonyl (C=O) groups excluding carboxylic acids is 1. The Balaban J connectivity index is 1.68. The van der Waals surface area contributed by atoms with Gasteiger partial charge in [0, 0.05) is 46.8 Å². The number of hydrogen-bond acceptors (Lipinski definition) is 6. The Kier molecular flexibility index (Phi) is 11.0. The van der Waals surface area contributed by atoms with Crippen molar-refractivity contribution in [1.82, 2.24) is 4.58 Å². The van der Waals surface area contributed by atoms with Crippen LogP contribution in [0.5, 0.6) is 0 Å². The van der Waals surface area contributed by atoms with Crippen molar-refractivity contribution in [3.05, 3.63) is 94.7 Å². The lowest BCUT2D eigenvalue weighted by atomic mass is 9.83. The zero-order valence-electron chi connectivity index (χ0n) is 28.8. The van der Waals surface area contributed by atoms with E-state index in [4.69, 9.17) is 10.2 Å². The molecule has 0 fully saturated rings. The molecule has 0 atom stereocenters.